The third kappa shape index (κ3) is 4.55. The van der Waals surface area contributed by atoms with Crippen LogP contribution >= 0.6 is 11.3 Å². The van der Waals surface area contributed by atoms with E-state index in [-0.39, 0.29) is 12.1 Å². The highest BCUT2D eigenvalue weighted by Crippen LogP contribution is 2.27. The second-order valence-electron chi connectivity index (χ2n) is 5.45. The first-order chi connectivity index (χ1) is 10.1. The molecule has 1 aromatic carbocycles. The van der Waals surface area contributed by atoms with E-state index < -0.39 is 0 Å². The molecule has 3 nitrogen and oxygen atoms in total. The Kier molecular flexibility index (Phi) is 5.76. The second-order valence-corrected chi connectivity index (χ2v) is 6.34. The number of rotatable bonds is 7. The van der Waals surface area contributed by atoms with Crippen LogP contribution in [0.1, 0.15) is 49.5 Å². The van der Waals surface area contributed by atoms with Crippen LogP contribution in [-0.4, -0.2) is 17.6 Å². The van der Waals surface area contributed by atoms with Gasteiger partial charge in [-0.2, -0.15) is 0 Å². The summed E-state index contributed by atoms with van der Waals surface area (Å²) in [5.74, 6) is 0.915. The Morgan fingerprint density at radius 2 is 1.95 bits per heavy atom. The SMILES string of the molecule is CCCNC(c1ccc(OC(C)C)cc1)c1nc(C)cs1. The van der Waals surface area contributed by atoms with E-state index >= 15 is 0 Å². The van der Waals surface area contributed by atoms with Gasteiger partial charge in [-0.3, -0.25) is 0 Å². The number of nitrogens with one attached hydrogen (secondary N) is 1. The third-order valence-corrected chi connectivity index (χ3v) is 4.09. The van der Waals surface area contributed by atoms with E-state index in [1.165, 1.54) is 5.56 Å². The molecule has 114 valence electrons. The third-order valence-electron chi connectivity index (χ3n) is 3.07. The van der Waals surface area contributed by atoms with Crippen molar-refractivity contribution < 1.29 is 4.74 Å². The molecule has 0 fully saturated rings. The predicted molar refractivity (Wildman–Crippen MR) is 89.2 cm³/mol. The number of nitrogens with zero attached hydrogens (tertiary/aromatic N) is 1. The van der Waals surface area contributed by atoms with E-state index in [4.69, 9.17) is 4.74 Å². The minimum atomic E-state index is 0.164. The summed E-state index contributed by atoms with van der Waals surface area (Å²) in [6, 6.07) is 8.49. The zero-order valence-corrected chi connectivity index (χ0v) is 14.0. The lowest BCUT2D eigenvalue weighted by atomic mass is 10.1. The van der Waals surface area contributed by atoms with Gasteiger partial charge in [0.05, 0.1) is 12.1 Å². The smallest absolute Gasteiger partial charge is 0.119 e. The second kappa shape index (κ2) is 7.57. The van der Waals surface area contributed by atoms with Crippen molar-refractivity contribution in [3.8, 4) is 5.75 Å². The van der Waals surface area contributed by atoms with Crippen molar-refractivity contribution in [1.29, 1.82) is 0 Å². The standard InChI is InChI=1S/C17H24N2OS/c1-5-10-18-16(17-19-13(4)11-21-17)14-6-8-15(9-7-14)20-12(2)3/h6-9,11-12,16,18H,5,10H2,1-4H3. The lowest BCUT2D eigenvalue weighted by Crippen LogP contribution is -2.23. The van der Waals surface area contributed by atoms with Crippen molar-refractivity contribution in [2.45, 2.75) is 46.3 Å². The van der Waals surface area contributed by atoms with Crippen molar-refractivity contribution in [1.82, 2.24) is 10.3 Å². The van der Waals surface area contributed by atoms with Crippen molar-refractivity contribution in [3.63, 3.8) is 0 Å². The molecular formula is C17H24N2OS. The van der Waals surface area contributed by atoms with Crippen molar-refractivity contribution in [2.24, 2.45) is 0 Å². The molecule has 1 N–H and O–H groups in total. The van der Waals surface area contributed by atoms with Crippen molar-refractivity contribution in [2.75, 3.05) is 6.54 Å². The maximum absolute atomic E-state index is 5.71. The average molecular weight is 304 g/mol. The molecule has 2 rings (SSSR count). The Hall–Kier alpha value is -1.39. The van der Waals surface area contributed by atoms with E-state index in [9.17, 15) is 0 Å². The van der Waals surface area contributed by atoms with Crippen LogP contribution in [0.15, 0.2) is 29.6 Å². The molecule has 1 atom stereocenters. The molecule has 21 heavy (non-hydrogen) atoms. The molecule has 0 radical (unpaired) electrons. The van der Waals surface area contributed by atoms with Gasteiger partial charge in [-0.1, -0.05) is 19.1 Å². The van der Waals surface area contributed by atoms with Crippen LogP contribution < -0.4 is 10.1 Å². The van der Waals surface area contributed by atoms with E-state index in [1.54, 1.807) is 11.3 Å². The first-order valence-corrected chi connectivity index (χ1v) is 8.40. The van der Waals surface area contributed by atoms with Gasteiger partial charge >= 0.3 is 0 Å². The molecule has 1 unspecified atom stereocenters. The molecular weight excluding hydrogens is 280 g/mol. The topological polar surface area (TPSA) is 34.1 Å². The van der Waals surface area contributed by atoms with Crippen LogP contribution in [0.3, 0.4) is 0 Å². The van der Waals surface area contributed by atoms with Crippen LogP contribution in [0.5, 0.6) is 5.75 Å². The highest BCUT2D eigenvalue weighted by molar-refractivity contribution is 7.09. The predicted octanol–water partition coefficient (Wildman–Crippen LogP) is 4.33. The number of hydrogen-bond donors (Lipinski definition) is 1. The summed E-state index contributed by atoms with van der Waals surface area (Å²) in [6.45, 7) is 9.27. The summed E-state index contributed by atoms with van der Waals surface area (Å²) in [7, 11) is 0. The molecule has 0 amide bonds. The van der Waals surface area contributed by atoms with Crippen molar-refractivity contribution in [3.05, 3.63) is 45.9 Å². The van der Waals surface area contributed by atoms with E-state index in [1.807, 2.05) is 32.9 Å². The minimum Gasteiger partial charge on any atom is -0.491 e. The van der Waals surface area contributed by atoms with Crippen molar-refractivity contribution >= 4 is 11.3 Å². The maximum Gasteiger partial charge on any atom is 0.119 e. The molecule has 0 saturated carbocycles. The van der Waals surface area contributed by atoms with Gasteiger partial charge in [-0.25, -0.2) is 4.98 Å². The average Bonchev–Trinajstić information content (AvgIpc) is 2.87. The number of thiazole rings is 1. The molecule has 0 spiro atoms. The van der Waals surface area contributed by atoms with Gasteiger partial charge in [-0.15, -0.1) is 11.3 Å². The van der Waals surface area contributed by atoms with Crippen LogP contribution in [0, 0.1) is 6.92 Å². The zero-order valence-electron chi connectivity index (χ0n) is 13.2. The fraction of sp³-hybridized carbons (Fsp3) is 0.471. The van der Waals surface area contributed by atoms with E-state index in [2.05, 4.69) is 34.7 Å². The quantitative estimate of drug-likeness (QED) is 0.827. The van der Waals surface area contributed by atoms with Crippen LogP contribution in [0.25, 0.3) is 0 Å². The number of ether oxygens (including phenoxy) is 1. The van der Waals surface area contributed by atoms with Gasteiger partial charge in [0.2, 0.25) is 0 Å². The number of aromatic nitrogens is 1. The first kappa shape index (κ1) is 16.0. The zero-order chi connectivity index (χ0) is 15.2. The lowest BCUT2D eigenvalue weighted by molar-refractivity contribution is 0.242. The summed E-state index contributed by atoms with van der Waals surface area (Å²) < 4.78 is 5.71. The van der Waals surface area contributed by atoms with Gasteiger partial charge in [0, 0.05) is 11.1 Å². The molecule has 1 aromatic heterocycles. The van der Waals surface area contributed by atoms with E-state index in [0.29, 0.717) is 0 Å². The Balaban J connectivity index is 2.20. The minimum absolute atomic E-state index is 0.164. The summed E-state index contributed by atoms with van der Waals surface area (Å²) in [5.41, 5.74) is 2.31. The Labute approximate surface area is 131 Å². The molecule has 0 aliphatic carbocycles. The van der Waals surface area contributed by atoms with Crippen LogP contribution in [0.2, 0.25) is 0 Å². The Bertz CT molecular complexity index is 548. The highest BCUT2D eigenvalue weighted by atomic mass is 32.1. The number of benzene rings is 1. The number of aryl methyl sites for hydroxylation is 1. The molecule has 0 saturated heterocycles. The van der Waals surface area contributed by atoms with E-state index in [0.717, 1.165) is 29.4 Å². The van der Waals surface area contributed by atoms with Gasteiger partial charge in [0.15, 0.2) is 0 Å². The summed E-state index contributed by atoms with van der Waals surface area (Å²) in [4.78, 5) is 4.64. The molecule has 0 aliphatic rings. The summed E-state index contributed by atoms with van der Waals surface area (Å²) in [5, 5.41) is 6.81. The fourth-order valence-electron chi connectivity index (χ4n) is 2.15. The first-order valence-electron chi connectivity index (χ1n) is 7.52. The van der Waals surface area contributed by atoms with Gasteiger partial charge in [-0.05, 0) is 51.4 Å². The summed E-state index contributed by atoms with van der Waals surface area (Å²) in [6.07, 6.45) is 1.31. The molecule has 1 heterocycles. The van der Waals surface area contributed by atoms with Gasteiger partial charge < -0.3 is 10.1 Å². The number of hydrogen-bond acceptors (Lipinski definition) is 4. The Morgan fingerprint density at radius 3 is 2.48 bits per heavy atom. The molecule has 4 heteroatoms. The molecule has 2 aromatic rings. The summed E-state index contributed by atoms with van der Waals surface area (Å²) >= 11 is 1.71. The highest BCUT2D eigenvalue weighted by Gasteiger charge is 2.16. The van der Waals surface area contributed by atoms with Crippen LogP contribution in [-0.2, 0) is 0 Å². The van der Waals surface area contributed by atoms with Gasteiger partial charge in [0.1, 0.15) is 10.8 Å². The maximum atomic E-state index is 5.71. The molecule has 0 aliphatic heterocycles. The normalized spacial score (nSPS) is 12.6. The monoisotopic (exact) mass is 304 g/mol. The largest absolute Gasteiger partial charge is 0.491 e. The molecule has 0 bridgehead atoms. The van der Waals surface area contributed by atoms with Gasteiger partial charge in [0.25, 0.3) is 0 Å². The fourth-order valence-corrected chi connectivity index (χ4v) is 3.05. The lowest BCUT2D eigenvalue weighted by Gasteiger charge is -2.17. The Morgan fingerprint density at radius 1 is 1.24 bits per heavy atom. The van der Waals surface area contributed by atoms with Crippen LogP contribution in [0.4, 0.5) is 0 Å².